The van der Waals surface area contributed by atoms with Gasteiger partial charge in [-0.1, -0.05) is 36.4 Å². The van der Waals surface area contributed by atoms with Gasteiger partial charge in [0.2, 0.25) is 5.91 Å². The third-order valence-electron chi connectivity index (χ3n) is 5.93. The van der Waals surface area contributed by atoms with Crippen LogP contribution in [0, 0.1) is 0 Å². The van der Waals surface area contributed by atoms with E-state index in [1.807, 2.05) is 24.3 Å². The molecular formula is C26H21N3O4. The van der Waals surface area contributed by atoms with Crippen molar-refractivity contribution in [1.82, 2.24) is 4.90 Å². The first-order valence-electron chi connectivity index (χ1n) is 10.8. The topological polar surface area (TPSA) is 86.8 Å². The summed E-state index contributed by atoms with van der Waals surface area (Å²) in [4.78, 5) is 53.5. The van der Waals surface area contributed by atoms with Crippen molar-refractivity contribution >= 4 is 35.0 Å². The maximum Gasteiger partial charge on any atom is 0.262 e. The van der Waals surface area contributed by atoms with Gasteiger partial charge in [0.05, 0.1) is 11.1 Å². The van der Waals surface area contributed by atoms with Crippen molar-refractivity contribution in [3.8, 4) is 0 Å². The van der Waals surface area contributed by atoms with Crippen LogP contribution in [0.2, 0.25) is 0 Å². The van der Waals surface area contributed by atoms with Crippen molar-refractivity contribution in [3.63, 3.8) is 0 Å². The van der Waals surface area contributed by atoms with Gasteiger partial charge >= 0.3 is 0 Å². The predicted molar refractivity (Wildman–Crippen MR) is 123 cm³/mol. The molecule has 0 aliphatic carbocycles. The molecule has 2 heterocycles. The molecule has 0 saturated carbocycles. The zero-order valence-electron chi connectivity index (χ0n) is 17.8. The number of carbonyl (C=O) groups excluding carboxylic acids is 4. The normalized spacial score (nSPS) is 14.7. The molecule has 0 atom stereocenters. The summed E-state index contributed by atoms with van der Waals surface area (Å²) in [5.74, 6) is -1.53. The molecular weight excluding hydrogens is 418 g/mol. The molecule has 0 radical (unpaired) electrons. The van der Waals surface area contributed by atoms with E-state index in [1.54, 1.807) is 53.4 Å². The van der Waals surface area contributed by atoms with Gasteiger partial charge in [-0.25, -0.2) is 0 Å². The first-order valence-corrected chi connectivity index (χ1v) is 10.8. The molecule has 0 spiro atoms. The van der Waals surface area contributed by atoms with Gasteiger partial charge in [-0.2, -0.15) is 0 Å². The fourth-order valence-corrected chi connectivity index (χ4v) is 4.33. The van der Waals surface area contributed by atoms with Gasteiger partial charge in [0.25, 0.3) is 17.7 Å². The zero-order chi connectivity index (χ0) is 22.9. The lowest BCUT2D eigenvalue weighted by atomic mass is 10.00. The lowest BCUT2D eigenvalue weighted by molar-refractivity contribution is -0.116. The van der Waals surface area contributed by atoms with E-state index in [0.29, 0.717) is 28.9 Å². The first kappa shape index (κ1) is 20.6. The molecule has 0 aromatic heterocycles. The first-order chi connectivity index (χ1) is 16.0. The average Bonchev–Trinajstić information content (AvgIpc) is 3.08. The van der Waals surface area contributed by atoms with E-state index in [2.05, 4.69) is 5.32 Å². The van der Waals surface area contributed by atoms with Crippen molar-refractivity contribution < 1.29 is 19.2 Å². The summed E-state index contributed by atoms with van der Waals surface area (Å²) in [6.45, 7) is 0.212. The Bertz CT molecular complexity index is 1250. The minimum absolute atomic E-state index is 0.0916. The van der Waals surface area contributed by atoms with Crippen molar-refractivity contribution in [2.24, 2.45) is 0 Å². The number of nitrogens with one attached hydrogen (secondary N) is 1. The third-order valence-corrected chi connectivity index (χ3v) is 5.93. The number of anilines is 2. The maximum absolute atomic E-state index is 13.1. The predicted octanol–water partition coefficient (Wildman–Crippen LogP) is 3.51. The number of rotatable bonds is 4. The molecule has 0 unspecified atom stereocenters. The van der Waals surface area contributed by atoms with Crippen LogP contribution in [-0.4, -0.2) is 41.6 Å². The fourth-order valence-electron chi connectivity index (χ4n) is 4.33. The number of benzene rings is 3. The third kappa shape index (κ3) is 3.78. The van der Waals surface area contributed by atoms with Crippen LogP contribution in [0.15, 0.2) is 72.8 Å². The monoisotopic (exact) mass is 439 g/mol. The van der Waals surface area contributed by atoms with Crippen LogP contribution in [0.5, 0.6) is 0 Å². The summed E-state index contributed by atoms with van der Waals surface area (Å²) < 4.78 is 0. The smallest absolute Gasteiger partial charge is 0.262 e. The second-order valence-corrected chi connectivity index (χ2v) is 8.06. The van der Waals surface area contributed by atoms with Gasteiger partial charge in [0, 0.05) is 23.5 Å². The Labute approximate surface area is 190 Å². The van der Waals surface area contributed by atoms with E-state index in [0.717, 1.165) is 29.0 Å². The molecule has 5 rings (SSSR count). The van der Waals surface area contributed by atoms with Crippen molar-refractivity contribution in [1.29, 1.82) is 0 Å². The Kier molecular flexibility index (Phi) is 5.22. The van der Waals surface area contributed by atoms with Gasteiger partial charge in [0.1, 0.15) is 6.54 Å². The molecule has 1 N–H and O–H groups in total. The number of aryl methyl sites for hydroxylation is 1. The summed E-state index contributed by atoms with van der Waals surface area (Å²) >= 11 is 0. The minimum atomic E-state index is -0.485. The van der Waals surface area contributed by atoms with Gasteiger partial charge < -0.3 is 10.2 Å². The molecule has 2 aliphatic heterocycles. The minimum Gasteiger partial charge on any atom is -0.324 e. The number of amides is 4. The Hall–Kier alpha value is -4.26. The highest BCUT2D eigenvalue weighted by Crippen LogP contribution is 2.31. The van der Waals surface area contributed by atoms with E-state index in [-0.39, 0.29) is 12.5 Å². The summed E-state index contributed by atoms with van der Waals surface area (Å²) in [5.41, 5.74) is 3.50. The summed E-state index contributed by atoms with van der Waals surface area (Å²) in [7, 11) is 0. The van der Waals surface area contributed by atoms with Gasteiger partial charge in [-0.05, 0) is 54.8 Å². The zero-order valence-corrected chi connectivity index (χ0v) is 17.8. The quantitative estimate of drug-likeness (QED) is 0.631. The standard InChI is InChI=1S/C26H21N3O4/c30-23(16-29-25(32)20-10-4-5-11-21(20)26(29)33)27-19-13-12-17-9-6-14-28(22(17)15-19)24(31)18-7-2-1-3-8-18/h1-5,7-8,10-13,15H,6,9,14,16H2,(H,27,30). The fraction of sp³-hybridized carbons (Fsp3) is 0.154. The molecule has 7 nitrogen and oxygen atoms in total. The van der Waals surface area contributed by atoms with Gasteiger partial charge in [-0.15, -0.1) is 0 Å². The molecule has 2 aliphatic rings. The van der Waals surface area contributed by atoms with Crippen LogP contribution < -0.4 is 10.2 Å². The average molecular weight is 439 g/mol. The van der Waals surface area contributed by atoms with E-state index < -0.39 is 17.7 Å². The Morgan fingerprint density at radius 1 is 0.848 bits per heavy atom. The Balaban J connectivity index is 1.33. The summed E-state index contributed by atoms with van der Waals surface area (Å²) in [6, 6.07) is 21.1. The number of nitrogens with zero attached hydrogens (tertiary/aromatic N) is 2. The number of hydrogen-bond acceptors (Lipinski definition) is 4. The van der Waals surface area contributed by atoms with Gasteiger partial charge in [-0.3, -0.25) is 24.1 Å². The molecule has 7 heteroatoms. The second kappa shape index (κ2) is 8.35. The highest BCUT2D eigenvalue weighted by atomic mass is 16.2. The highest BCUT2D eigenvalue weighted by Gasteiger charge is 2.36. The summed E-state index contributed by atoms with van der Waals surface area (Å²) in [5, 5.41) is 2.76. The number of hydrogen-bond donors (Lipinski definition) is 1. The van der Waals surface area contributed by atoms with Crippen molar-refractivity contribution in [2.75, 3.05) is 23.3 Å². The maximum atomic E-state index is 13.1. The number of fused-ring (bicyclic) bond motifs is 2. The highest BCUT2D eigenvalue weighted by molar-refractivity contribution is 6.22. The Morgan fingerprint density at radius 2 is 1.52 bits per heavy atom. The largest absolute Gasteiger partial charge is 0.324 e. The van der Waals surface area contributed by atoms with Crippen molar-refractivity contribution in [2.45, 2.75) is 12.8 Å². The lowest BCUT2D eigenvalue weighted by Crippen LogP contribution is -2.37. The molecule has 3 aromatic rings. The SMILES string of the molecule is O=C(CN1C(=O)c2ccccc2C1=O)Nc1ccc2c(c1)N(C(=O)c1ccccc1)CCC2. The molecule has 3 aromatic carbocycles. The molecule has 0 saturated heterocycles. The van der Waals surface area contributed by atoms with Crippen LogP contribution in [-0.2, 0) is 11.2 Å². The molecule has 0 fully saturated rings. The van der Waals surface area contributed by atoms with Gasteiger partial charge in [0.15, 0.2) is 0 Å². The van der Waals surface area contributed by atoms with E-state index in [4.69, 9.17) is 0 Å². The van der Waals surface area contributed by atoms with Crippen LogP contribution in [0.25, 0.3) is 0 Å². The summed E-state index contributed by atoms with van der Waals surface area (Å²) in [6.07, 6.45) is 1.70. The molecule has 33 heavy (non-hydrogen) atoms. The van der Waals surface area contributed by atoms with E-state index in [9.17, 15) is 19.2 Å². The molecule has 164 valence electrons. The number of carbonyl (C=O) groups is 4. The van der Waals surface area contributed by atoms with Crippen LogP contribution in [0.1, 0.15) is 43.1 Å². The number of imide groups is 1. The van der Waals surface area contributed by atoms with E-state index in [1.165, 1.54) is 0 Å². The molecule has 0 bridgehead atoms. The Morgan fingerprint density at radius 3 is 2.21 bits per heavy atom. The van der Waals surface area contributed by atoms with Crippen LogP contribution in [0.4, 0.5) is 11.4 Å². The second-order valence-electron chi connectivity index (χ2n) is 8.06. The van der Waals surface area contributed by atoms with Crippen LogP contribution in [0.3, 0.4) is 0 Å². The van der Waals surface area contributed by atoms with Crippen molar-refractivity contribution in [3.05, 3.63) is 95.1 Å². The molecule has 4 amide bonds. The van der Waals surface area contributed by atoms with E-state index >= 15 is 0 Å². The van der Waals surface area contributed by atoms with Crippen LogP contribution >= 0.6 is 0 Å². The lowest BCUT2D eigenvalue weighted by Gasteiger charge is -2.30.